The second-order valence-electron chi connectivity index (χ2n) is 31.5. The number of furan rings is 1. The minimum Gasteiger partial charge on any atom is -0.455 e. The summed E-state index contributed by atoms with van der Waals surface area (Å²) < 4.78 is 153. The summed E-state index contributed by atoms with van der Waals surface area (Å²) in [6.07, 6.45) is 13.9. The lowest BCUT2D eigenvalue weighted by Crippen LogP contribution is -2.33. The van der Waals surface area contributed by atoms with E-state index in [-0.39, 0.29) is 144 Å². The van der Waals surface area contributed by atoms with Gasteiger partial charge in [-0.3, -0.25) is 40.8 Å². The Morgan fingerprint density at radius 1 is 0.534 bits per heavy atom. The number of anilines is 3. The van der Waals surface area contributed by atoms with Crippen LogP contribution in [0.2, 0.25) is 14.4 Å². The van der Waals surface area contributed by atoms with Crippen LogP contribution in [0.15, 0.2) is 167 Å². The molecule has 13 atom stereocenters. The fraction of sp³-hybridized carbons (Fsp3) is 0.383. The summed E-state index contributed by atoms with van der Waals surface area (Å²) in [5.41, 5.74) is 3.61. The van der Waals surface area contributed by atoms with E-state index in [9.17, 15) is 86.1 Å². The van der Waals surface area contributed by atoms with Crippen molar-refractivity contribution in [1.29, 1.82) is 0 Å². The van der Waals surface area contributed by atoms with E-state index in [0.717, 1.165) is 53.4 Å². The molecule has 16 N–H and O–H groups in total. The van der Waals surface area contributed by atoms with E-state index in [2.05, 4.69) is 89.6 Å². The summed E-state index contributed by atoms with van der Waals surface area (Å²) in [6, 6.07) is 21.2. The highest BCUT2D eigenvalue weighted by atomic mass is 35.5. The molecule has 4 aliphatic carbocycles. The van der Waals surface area contributed by atoms with Crippen LogP contribution in [0.1, 0.15) is 141 Å². The number of carbonyl (C=O) groups is 4. The molecule has 10 aromatic rings. The molecule has 4 fully saturated rings. The van der Waals surface area contributed by atoms with Gasteiger partial charge in [0.25, 0.3) is 0 Å². The van der Waals surface area contributed by atoms with Gasteiger partial charge in [-0.15, -0.1) is 34.0 Å². The molecule has 0 unspecified atom stereocenters. The summed E-state index contributed by atoms with van der Waals surface area (Å²) in [7, 11) is -20.5. The number of hydrogen-bond donors (Lipinski definition) is 12. The number of thiophene rings is 3. The molecule has 133 heavy (non-hydrogen) atoms. The van der Waals surface area contributed by atoms with Gasteiger partial charge in [0.2, 0.25) is 33.0 Å². The van der Waals surface area contributed by atoms with Gasteiger partial charge < -0.3 is 45.9 Å². The Morgan fingerprint density at radius 2 is 1.05 bits per heavy atom. The van der Waals surface area contributed by atoms with Crippen molar-refractivity contribution in [3.63, 3.8) is 0 Å². The number of hydrogen-bond acceptors (Lipinski definition) is 39. The van der Waals surface area contributed by atoms with Crippen molar-refractivity contribution in [2.45, 2.75) is 136 Å². The zero-order valence-electron chi connectivity index (χ0n) is 69.8. The van der Waals surface area contributed by atoms with Gasteiger partial charge in [-0.2, -0.15) is 33.7 Å². The Hall–Kier alpha value is -9.05. The van der Waals surface area contributed by atoms with Crippen LogP contribution in [0.5, 0.6) is 0 Å². The molecule has 0 radical (unpaired) electrons. The number of rotatable bonds is 35. The third kappa shape index (κ3) is 29.3. The normalized spacial score (nSPS) is 22.1. The van der Waals surface area contributed by atoms with Gasteiger partial charge in [-0.25, -0.2) is 73.2 Å². The number of halogens is 4. The maximum atomic E-state index is 14.7. The van der Waals surface area contributed by atoms with E-state index in [1.54, 1.807) is 18.3 Å². The van der Waals surface area contributed by atoms with Crippen molar-refractivity contribution in [2.75, 3.05) is 55.5 Å². The molecule has 15 rings (SSSR count). The predicted molar refractivity (Wildman–Crippen MR) is 486 cm³/mol. The number of sulfone groups is 1. The number of aliphatic hydroxyl groups is 5. The molecule has 2 aromatic carbocycles. The first-order valence-corrected chi connectivity index (χ1v) is 51.5. The number of aliphatic hydroxyl groups excluding tert-OH is 5. The number of aromatic nitrogens is 8. The lowest BCUT2D eigenvalue weighted by molar-refractivity contribution is 0.0501. The summed E-state index contributed by atoms with van der Waals surface area (Å²) in [5.74, 6) is -2.69. The topological polar surface area (TPSA) is 637 Å². The predicted octanol–water partition coefficient (Wildman–Crippen LogP) is 6.66. The zero-order valence-corrected chi connectivity index (χ0v) is 78.6. The molecule has 40 nitrogen and oxygen atoms in total. The standard InChI is InChI=1S/C22H22ClFN4O5S2.C22H28N4O5S2.C21H20Cl2N4O7S3.C16H20N4O7S/c23-14-3-1-2-12(6-14)7-15-4-5-18(34-15)21(30)16-9-26-11-27-22(16)28-17-8-13(20(29)19(17)24)10-33-35(25,31)32;23-33(29,30)31-12-17-6-15(8-20(17)27)7-19-18(10-24-14-25-19)22(28)21-9-16(13-32-21)11-26-4-2-1-3-5-26;22-12-2-1-3-14(5-12)36(30,31)18-7-17(35-20(18)23)19(29)15-8-25-10-26-21(15)27-13-4-11(16(28)6-13)9-34-37(24,32)33;17-28(24,25)26-7-9-3-10(4-13(9)22)20-16-12(5-18-8-19-16)15(23)14-2-1-11(6-21)27-14/h1-6,9,11,13,17,19-20,29H,7-8,10H2,(H2,25,31,32)(H,26,27,28);1-2,9-10,13-15,17,20,27H,3-8,11-12H2,(H2,23,29,30);1-3,5,7-8,10-11,13,16,28H,4,6,9H2,(H2,24,32,33)(H,25,26,27);1-2,5,8-10,13,21-22H,3-4,6-7H2,(H2,17,24,25)(H,18,19,20)/t13-,17-,19-,20-;15-,17+,20-;11-,13-,16+;9-,10-,13+/m1011/s1. The summed E-state index contributed by atoms with van der Waals surface area (Å²) in [6.45, 7) is 1.29. The van der Waals surface area contributed by atoms with Crippen LogP contribution in [-0.2, 0) is 93.8 Å². The number of alkyl halides is 1. The van der Waals surface area contributed by atoms with Crippen LogP contribution >= 0.6 is 68.8 Å². The van der Waals surface area contributed by atoms with Crippen molar-refractivity contribution >= 4 is 160 Å². The molecule has 5 aliphatic rings. The summed E-state index contributed by atoms with van der Waals surface area (Å²) in [5, 5.41) is 81.2. The fourth-order valence-corrected chi connectivity index (χ4v) is 22.4. The van der Waals surface area contributed by atoms with Gasteiger partial charge in [-0.1, -0.05) is 65.2 Å². The number of carbonyl (C=O) groups excluding carboxylic acids is 4. The van der Waals surface area contributed by atoms with Crippen molar-refractivity contribution in [2.24, 2.45) is 50.1 Å². The van der Waals surface area contributed by atoms with E-state index in [1.165, 1.54) is 109 Å². The van der Waals surface area contributed by atoms with Crippen LogP contribution < -0.4 is 36.5 Å². The first-order valence-electron chi connectivity index (χ1n) is 40.5. The fourth-order valence-electron chi connectivity index (χ4n) is 15.5. The molecular formula is C81H90Cl3FN16O24S8. The van der Waals surface area contributed by atoms with E-state index < -0.39 is 124 Å². The maximum Gasteiger partial charge on any atom is 0.333 e. The van der Waals surface area contributed by atoms with Gasteiger partial charge >= 0.3 is 41.2 Å². The second kappa shape index (κ2) is 45.7. The first kappa shape index (κ1) is 103. The van der Waals surface area contributed by atoms with Gasteiger partial charge in [0, 0.05) is 102 Å². The molecule has 1 aliphatic heterocycles. The average Bonchev–Trinajstić information content (AvgIpc) is 1.63. The number of ketones is 4. The lowest BCUT2D eigenvalue weighted by Gasteiger charge is -2.22. The quantitative estimate of drug-likeness (QED) is 0.0146. The van der Waals surface area contributed by atoms with Gasteiger partial charge in [0.15, 0.2) is 5.76 Å². The Balaban J connectivity index is 0.000000161. The van der Waals surface area contributed by atoms with Gasteiger partial charge in [0.05, 0.1) is 104 Å². The molecule has 714 valence electrons. The second-order valence-corrected chi connectivity index (χ2v) is 42.9. The van der Waals surface area contributed by atoms with E-state index in [0.29, 0.717) is 71.0 Å². The van der Waals surface area contributed by atoms with E-state index >= 15 is 0 Å². The number of nitrogens with zero attached hydrogens (tertiary/aromatic N) is 9. The lowest BCUT2D eigenvalue weighted by atomic mass is 9.96. The molecule has 8 aromatic heterocycles. The third-order valence-electron chi connectivity index (χ3n) is 21.9. The Bertz CT molecular complexity index is 6450. The van der Waals surface area contributed by atoms with E-state index in [1.807, 2.05) is 35.7 Å². The Morgan fingerprint density at radius 3 is 1.60 bits per heavy atom. The van der Waals surface area contributed by atoms with Crippen LogP contribution in [0.3, 0.4) is 0 Å². The highest BCUT2D eigenvalue weighted by Crippen LogP contribution is 2.41. The number of nitrogens with one attached hydrogen (secondary N) is 3. The van der Waals surface area contributed by atoms with Crippen molar-refractivity contribution in [3.8, 4) is 0 Å². The molecule has 0 saturated heterocycles. The Labute approximate surface area is 790 Å². The third-order valence-corrected chi connectivity index (χ3v) is 29.7. The average molecular weight is 2050 g/mol. The molecule has 52 heteroatoms. The van der Waals surface area contributed by atoms with Crippen LogP contribution in [0.25, 0.3) is 0 Å². The smallest absolute Gasteiger partial charge is 0.333 e. The van der Waals surface area contributed by atoms with E-state index in [4.69, 9.17) is 64.9 Å². The maximum absolute atomic E-state index is 14.7. The molecule has 4 saturated carbocycles. The molecule has 0 spiro atoms. The minimum atomic E-state index is -4.22. The highest BCUT2D eigenvalue weighted by molar-refractivity contribution is 7.91. The molecular weight excluding hydrogens is 1960 g/mol. The SMILES string of the molecule is NS(=O)(=O)OC[C@H]1C[C@@H](Cc2ncncc2C(=O)c2cc(CN3CC=CCC3)cs2)C[C@@H]1O.NS(=O)(=O)OC[C@H]1C[C@@H](Nc2ncncc2C(=O)c2cc(S(=O)(=O)c3cccc(Cl)c3)c(Cl)s2)C[C@@H]1O.NS(=O)(=O)OC[C@H]1C[C@@H](Nc2ncncc2C(=O)c2ccc(CO)o2)C[C@@H]1O.NS(=O)(=O)OC[C@H]1C[C@@H](Nc2ncncc2C(=O)c2ccc(Cc3cccc(Cl)c3)s2)[C@@H](F)[C@@H]1O. The largest absolute Gasteiger partial charge is 0.455 e. The van der Waals surface area contributed by atoms with Crippen LogP contribution in [0.4, 0.5) is 21.8 Å². The molecule has 9 heterocycles. The first-order chi connectivity index (χ1) is 63.0. The minimum absolute atomic E-state index is 0.0350. The van der Waals surface area contributed by atoms with Crippen LogP contribution in [0, 0.1) is 29.6 Å². The molecule has 0 bridgehead atoms. The zero-order chi connectivity index (χ0) is 95.9. The summed E-state index contributed by atoms with van der Waals surface area (Å²) >= 11 is 21.8. The van der Waals surface area contributed by atoms with Gasteiger partial charge in [0.1, 0.15) is 70.5 Å². The van der Waals surface area contributed by atoms with Crippen molar-refractivity contribution in [1.82, 2.24) is 44.8 Å². The monoisotopic (exact) mass is 2050 g/mol. The van der Waals surface area contributed by atoms with Gasteiger partial charge in [-0.05, 0) is 147 Å². The number of nitrogens with two attached hydrogens (primary N) is 4. The molecule has 0 amide bonds. The van der Waals surface area contributed by atoms with Crippen LogP contribution in [-0.4, -0.2) is 224 Å². The Kier molecular flexibility index (Phi) is 35.4. The highest BCUT2D eigenvalue weighted by Gasteiger charge is 2.45. The van der Waals surface area contributed by atoms with Crippen molar-refractivity contribution < 1.29 is 112 Å². The number of benzene rings is 2. The summed E-state index contributed by atoms with van der Waals surface area (Å²) in [4.78, 5) is 89.0. The van der Waals surface area contributed by atoms with Crippen molar-refractivity contribution in [3.05, 3.63) is 237 Å².